The van der Waals surface area contributed by atoms with Gasteiger partial charge in [-0.25, -0.2) is 0 Å². The third-order valence-corrected chi connectivity index (χ3v) is 4.41. The average molecular weight is 335 g/mol. The molecule has 3 heterocycles. The van der Waals surface area contributed by atoms with Crippen LogP contribution >= 0.6 is 0 Å². The van der Waals surface area contributed by atoms with Crippen LogP contribution in [0.1, 0.15) is 23.4 Å². The SMILES string of the molecule is O=C(Nc1cnc2ccccc2c1)C1CCCN1C(=O)c1ccco1. The zero-order chi connectivity index (χ0) is 17.2. The van der Waals surface area contributed by atoms with E-state index in [0.29, 0.717) is 18.7 Å². The maximum Gasteiger partial charge on any atom is 0.290 e. The normalized spacial score (nSPS) is 17.0. The standard InChI is InChI=1S/C19H17N3O3/c23-18(21-14-11-13-5-1-2-6-15(13)20-12-14)16-7-3-9-22(16)19(24)17-8-4-10-25-17/h1-2,4-6,8,10-12,16H,3,7,9H2,(H,21,23). The van der Waals surface area contributed by atoms with E-state index in [4.69, 9.17) is 4.42 Å². The number of para-hydroxylation sites is 1. The van der Waals surface area contributed by atoms with Gasteiger partial charge in [-0.15, -0.1) is 0 Å². The molecule has 0 radical (unpaired) electrons. The van der Waals surface area contributed by atoms with Crippen LogP contribution in [-0.4, -0.2) is 34.3 Å². The lowest BCUT2D eigenvalue weighted by Crippen LogP contribution is -2.43. The number of nitrogens with zero attached hydrogens (tertiary/aromatic N) is 2. The van der Waals surface area contributed by atoms with Crippen molar-refractivity contribution in [3.8, 4) is 0 Å². The predicted octanol–water partition coefficient (Wildman–Crippen LogP) is 3.07. The molecule has 0 aliphatic carbocycles. The Kier molecular flexibility index (Phi) is 3.93. The molecule has 1 N–H and O–H groups in total. The predicted molar refractivity (Wildman–Crippen MR) is 93.1 cm³/mol. The van der Waals surface area contributed by atoms with E-state index < -0.39 is 6.04 Å². The Hall–Kier alpha value is -3.15. The third-order valence-electron chi connectivity index (χ3n) is 4.41. The summed E-state index contributed by atoms with van der Waals surface area (Å²) in [5, 5.41) is 3.83. The number of aromatic nitrogens is 1. The van der Waals surface area contributed by atoms with Gasteiger partial charge in [0.05, 0.1) is 23.7 Å². The van der Waals surface area contributed by atoms with Gasteiger partial charge >= 0.3 is 0 Å². The molecule has 4 rings (SSSR count). The Balaban J connectivity index is 1.52. The molecule has 0 bridgehead atoms. The Bertz CT molecular complexity index is 921. The van der Waals surface area contributed by atoms with Crippen LogP contribution < -0.4 is 5.32 Å². The fourth-order valence-corrected chi connectivity index (χ4v) is 3.19. The number of likely N-dealkylation sites (tertiary alicyclic amines) is 1. The number of rotatable bonds is 3. The Morgan fingerprint density at radius 1 is 1.20 bits per heavy atom. The number of carbonyl (C=O) groups is 2. The van der Waals surface area contributed by atoms with Crippen molar-refractivity contribution >= 4 is 28.4 Å². The van der Waals surface area contributed by atoms with Crippen LogP contribution in [0.4, 0.5) is 5.69 Å². The average Bonchev–Trinajstić information content (AvgIpc) is 3.33. The highest BCUT2D eigenvalue weighted by Gasteiger charge is 2.35. The van der Waals surface area contributed by atoms with Crippen molar-refractivity contribution in [3.05, 3.63) is 60.7 Å². The van der Waals surface area contributed by atoms with Crippen molar-refractivity contribution in [2.45, 2.75) is 18.9 Å². The first-order valence-electron chi connectivity index (χ1n) is 8.22. The van der Waals surface area contributed by atoms with Crippen molar-refractivity contribution in [3.63, 3.8) is 0 Å². The molecule has 2 aromatic heterocycles. The van der Waals surface area contributed by atoms with Crippen LogP contribution in [0.5, 0.6) is 0 Å². The number of amides is 2. The first-order valence-corrected chi connectivity index (χ1v) is 8.22. The van der Waals surface area contributed by atoms with E-state index in [2.05, 4.69) is 10.3 Å². The molecule has 25 heavy (non-hydrogen) atoms. The fourth-order valence-electron chi connectivity index (χ4n) is 3.19. The monoisotopic (exact) mass is 335 g/mol. The summed E-state index contributed by atoms with van der Waals surface area (Å²) in [6, 6.07) is 12.4. The lowest BCUT2D eigenvalue weighted by atomic mass is 10.2. The minimum absolute atomic E-state index is 0.200. The van der Waals surface area contributed by atoms with Gasteiger partial charge < -0.3 is 14.6 Å². The van der Waals surface area contributed by atoms with Gasteiger partial charge in [-0.3, -0.25) is 14.6 Å². The van der Waals surface area contributed by atoms with E-state index in [1.165, 1.54) is 6.26 Å². The van der Waals surface area contributed by atoms with Gasteiger partial charge in [-0.1, -0.05) is 18.2 Å². The largest absolute Gasteiger partial charge is 0.459 e. The maximum atomic E-state index is 12.7. The Morgan fingerprint density at radius 3 is 2.92 bits per heavy atom. The topological polar surface area (TPSA) is 75.4 Å². The molecule has 1 unspecified atom stereocenters. The number of hydrogen-bond donors (Lipinski definition) is 1. The van der Waals surface area contributed by atoms with Gasteiger partial charge in [0.2, 0.25) is 5.91 Å². The molecule has 6 nitrogen and oxygen atoms in total. The summed E-state index contributed by atoms with van der Waals surface area (Å²) in [6.07, 6.45) is 4.52. The highest BCUT2D eigenvalue weighted by molar-refractivity contribution is 6.01. The number of hydrogen-bond acceptors (Lipinski definition) is 4. The molecule has 1 aromatic carbocycles. The van der Waals surface area contributed by atoms with Crippen LogP contribution in [-0.2, 0) is 4.79 Å². The zero-order valence-electron chi connectivity index (χ0n) is 13.5. The summed E-state index contributed by atoms with van der Waals surface area (Å²) in [4.78, 5) is 31.1. The van der Waals surface area contributed by atoms with Crippen LogP contribution in [0.3, 0.4) is 0 Å². The molecule has 3 aromatic rings. The van der Waals surface area contributed by atoms with Gasteiger partial charge in [-0.2, -0.15) is 0 Å². The van der Waals surface area contributed by atoms with E-state index in [1.54, 1.807) is 23.2 Å². The van der Waals surface area contributed by atoms with Crippen molar-refractivity contribution < 1.29 is 14.0 Å². The molecular weight excluding hydrogens is 318 g/mol. The van der Waals surface area contributed by atoms with Gasteiger partial charge in [0.25, 0.3) is 5.91 Å². The molecule has 6 heteroatoms. The van der Waals surface area contributed by atoms with E-state index >= 15 is 0 Å². The molecule has 1 atom stereocenters. The summed E-state index contributed by atoms with van der Waals surface area (Å²) in [5.74, 6) is -0.194. The number of pyridine rings is 1. The number of benzene rings is 1. The first-order chi connectivity index (χ1) is 12.2. The molecule has 1 aliphatic rings. The summed E-state index contributed by atoms with van der Waals surface area (Å²) in [5.41, 5.74) is 1.50. The second kappa shape index (κ2) is 6.39. The highest BCUT2D eigenvalue weighted by atomic mass is 16.3. The molecule has 0 saturated carbocycles. The minimum atomic E-state index is -0.496. The van der Waals surface area contributed by atoms with Crippen molar-refractivity contribution in [2.24, 2.45) is 0 Å². The van der Waals surface area contributed by atoms with E-state index in [-0.39, 0.29) is 17.6 Å². The highest BCUT2D eigenvalue weighted by Crippen LogP contribution is 2.23. The lowest BCUT2D eigenvalue weighted by molar-refractivity contribution is -0.119. The zero-order valence-corrected chi connectivity index (χ0v) is 13.5. The van der Waals surface area contributed by atoms with Gasteiger partial charge in [-0.05, 0) is 37.1 Å². The molecule has 126 valence electrons. The smallest absolute Gasteiger partial charge is 0.290 e. The van der Waals surface area contributed by atoms with Gasteiger partial charge in [0.1, 0.15) is 6.04 Å². The molecule has 1 fully saturated rings. The number of fused-ring (bicyclic) bond motifs is 1. The fraction of sp³-hybridized carbons (Fsp3) is 0.211. The van der Waals surface area contributed by atoms with Crippen molar-refractivity contribution in [2.75, 3.05) is 11.9 Å². The van der Waals surface area contributed by atoms with Crippen molar-refractivity contribution in [1.82, 2.24) is 9.88 Å². The van der Waals surface area contributed by atoms with E-state index in [9.17, 15) is 9.59 Å². The van der Waals surface area contributed by atoms with Crippen LogP contribution in [0.25, 0.3) is 10.9 Å². The van der Waals surface area contributed by atoms with E-state index in [0.717, 1.165) is 17.3 Å². The second-order valence-corrected chi connectivity index (χ2v) is 6.04. The summed E-state index contributed by atoms with van der Waals surface area (Å²) in [7, 11) is 0. The molecule has 2 amide bonds. The minimum Gasteiger partial charge on any atom is -0.459 e. The number of anilines is 1. The first kappa shape index (κ1) is 15.4. The second-order valence-electron chi connectivity index (χ2n) is 6.04. The number of furan rings is 1. The molecule has 1 aliphatic heterocycles. The summed E-state index contributed by atoms with van der Waals surface area (Å²) >= 11 is 0. The summed E-state index contributed by atoms with van der Waals surface area (Å²) in [6.45, 7) is 0.549. The lowest BCUT2D eigenvalue weighted by Gasteiger charge is -2.23. The van der Waals surface area contributed by atoms with Crippen LogP contribution in [0.15, 0.2) is 59.3 Å². The van der Waals surface area contributed by atoms with E-state index in [1.807, 2.05) is 30.3 Å². The van der Waals surface area contributed by atoms with Crippen LogP contribution in [0, 0.1) is 0 Å². The molecular formula is C19H17N3O3. The maximum absolute atomic E-state index is 12.7. The van der Waals surface area contributed by atoms with Crippen LogP contribution in [0.2, 0.25) is 0 Å². The number of nitrogens with one attached hydrogen (secondary N) is 1. The quantitative estimate of drug-likeness (QED) is 0.798. The Labute approximate surface area is 144 Å². The number of carbonyl (C=O) groups excluding carboxylic acids is 2. The summed E-state index contributed by atoms with van der Waals surface area (Å²) < 4.78 is 5.17. The molecule has 0 spiro atoms. The van der Waals surface area contributed by atoms with Crippen molar-refractivity contribution in [1.29, 1.82) is 0 Å². The molecule has 1 saturated heterocycles. The third kappa shape index (κ3) is 2.98. The van der Waals surface area contributed by atoms with Gasteiger partial charge in [0.15, 0.2) is 5.76 Å². The Morgan fingerprint density at radius 2 is 2.08 bits per heavy atom. The van der Waals surface area contributed by atoms with Gasteiger partial charge in [0, 0.05) is 11.9 Å².